The van der Waals surface area contributed by atoms with E-state index in [9.17, 15) is 64.8 Å². The molecule has 1 saturated heterocycles. The highest BCUT2D eigenvalue weighted by Crippen LogP contribution is 2.41. The number of allylic oxidation sites excluding steroid dienone is 2. The topological polar surface area (TPSA) is 347 Å². The van der Waals surface area contributed by atoms with Gasteiger partial charge in [0.1, 0.15) is 24.8 Å². The van der Waals surface area contributed by atoms with Crippen LogP contribution in [-0.4, -0.2) is 226 Å². The second-order valence-electron chi connectivity index (χ2n) is 25.0. The first-order valence-corrected chi connectivity index (χ1v) is 33.3. The zero-order valence-corrected chi connectivity index (χ0v) is 54.9. The third-order valence-electron chi connectivity index (χ3n) is 15.5. The van der Waals surface area contributed by atoms with Crippen LogP contribution in [0, 0.1) is 10.1 Å². The second-order valence-corrected chi connectivity index (χ2v) is 28.0. The van der Waals surface area contributed by atoms with E-state index in [1.165, 1.54) is 26.2 Å². The number of rotatable bonds is 36. The number of methoxy groups -OCH3 is 1. The van der Waals surface area contributed by atoms with Crippen molar-refractivity contribution in [3.8, 4) is 11.5 Å². The van der Waals surface area contributed by atoms with Gasteiger partial charge in [0.05, 0.1) is 105 Å². The van der Waals surface area contributed by atoms with Gasteiger partial charge in [-0.3, -0.25) is 38.9 Å². The number of hydrogen-bond donors (Lipinski definition) is 3. The van der Waals surface area contributed by atoms with Gasteiger partial charge in [-0.1, -0.05) is 23.3 Å². The molecule has 6 rings (SSSR count). The smallest absolute Gasteiger partial charge is 0.737 e. The first kappa shape index (κ1) is 73.4. The van der Waals surface area contributed by atoms with E-state index in [1.54, 1.807) is 54.4 Å². The van der Waals surface area contributed by atoms with Gasteiger partial charge < -0.3 is 70.7 Å². The molecule has 28 nitrogen and oxygen atoms in total. The number of carbonyl (C=O) groups is 6. The summed E-state index contributed by atoms with van der Waals surface area (Å²) in [5.74, 6) is -6.51. The number of carbonyl (C=O) groups excluding carboxylic acids is 6. The van der Waals surface area contributed by atoms with Gasteiger partial charge in [0.2, 0.25) is 17.7 Å². The van der Waals surface area contributed by atoms with E-state index < -0.39 is 110 Å². The number of nitro benzene ring substituents is 1. The molecule has 3 N–H and O–H groups in total. The van der Waals surface area contributed by atoms with Crippen LogP contribution in [-0.2, 0) is 66.6 Å². The maximum Gasteiger partial charge on any atom is 0.737 e. The number of likely N-dealkylation sites (N-methyl/N-ethyl adjacent to an activating group) is 1. The second kappa shape index (κ2) is 31.3. The van der Waals surface area contributed by atoms with Crippen LogP contribution in [0.15, 0.2) is 65.9 Å². The van der Waals surface area contributed by atoms with Crippen molar-refractivity contribution in [3.05, 3.63) is 104 Å². The lowest BCUT2D eigenvalue weighted by Crippen LogP contribution is -2.56. The number of nitro groups is 1. The molecule has 0 spiro atoms. The predicted molar refractivity (Wildman–Crippen MR) is 331 cm³/mol. The Balaban J connectivity index is 1.14. The first-order valence-electron chi connectivity index (χ1n) is 30.1. The van der Waals surface area contributed by atoms with Gasteiger partial charge in [-0.25, -0.2) is 21.6 Å². The molecule has 506 valence electrons. The Morgan fingerprint density at radius 2 is 1.48 bits per heavy atom. The van der Waals surface area contributed by atoms with Crippen molar-refractivity contribution in [3.63, 3.8) is 0 Å². The summed E-state index contributed by atoms with van der Waals surface area (Å²) in [6.45, 7) is -1.73. The Morgan fingerprint density at radius 3 is 2.10 bits per heavy atom. The predicted octanol–water partition coefficient (Wildman–Crippen LogP) is 3.51. The quantitative estimate of drug-likeness (QED) is 0.0110. The number of hydrogen-bond acceptors (Lipinski definition) is 19. The Hall–Kier alpha value is -7.69. The lowest BCUT2D eigenvalue weighted by Gasteiger charge is -2.32. The molecule has 0 aliphatic carbocycles. The number of quaternary nitrogens is 2. The van der Waals surface area contributed by atoms with E-state index in [0.717, 1.165) is 21.6 Å². The summed E-state index contributed by atoms with van der Waals surface area (Å²) < 4.78 is 126. The molecule has 3 aromatic rings. The fourth-order valence-corrected chi connectivity index (χ4v) is 12.1. The molecule has 3 aliphatic rings. The van der Waals surface area contributed by atoms with E-state index in [1.807, 2.05) is 42.3 Å². The van der Waals surface area contributed by atoms with Crippen molar-refractivity contribution in [1.82, 2.24) is 30.4 Å². The molecule has 0 bridgehead atoms. The average Bonchev–Trinajstić information content (AvgIpc) is 1.54. The minimum atomic E-state index is -5.25. The molecular weight excluding hydrogens is 1250 g/mol. The van der Waals surface area contributed by atoms with Gasteiger partial charge in [0.25, 0.3) is 17.5 Å². The fraction of sp³-hybridized carbons (Fsp3) is 0.542. The molecule has 0 radical (unpaired) electrons. The summed E-state index contributed by atoms with van der Waals surface area (Å²) in [6, 6.07) is 9.09. The normalized spacial score (nSPS) is 15.9. The number of nitrogens with zero attached hydrogens (tertiary/aromatic N) is 7. The summed E-state index contributed by atoms with van der Waals surface area (Å²) in [7, 11) is 5.10. The first-order chi connectivity index (χ1) is 42.9. The maximum atomic E-state index is 17.7. The molecule has 0 saturated carbocycles. The highest BCUT2D eigenvalue weighted by Gasteiger charge is 2.55. The van der Waals surface area contributed by atoms with E-state index in [-0.39, 0.29) is 116 Å². The number of nitrogens with one attached hydrogen (secondary N) is 3. The highest BCUT2D eigenvalue weighted by molar-refractivity contribution is 7.86. The van der Waals surface area contributed by atoms with Crippen LogP contribution < -0.4 is 25.4 Å². The van der Waals surface area contributed by atoms with Crippen molar-refractivity contribution in [2.24, 2.45) is 0 Å². The number of aromatic nitrogens is 1. The van der Waals surface area contributed by atoms with Crippen LogP contribution in [0.25, 0.3) is 6.08 Å². The van der Waals surface area contributed by atoms with Gasteiger partial charge >= 0.3 is 13.1 Å². The summed E-state index contributed by atoms with van der Waals surface area (Å²) in [5, 5.41) is 20.0. The van der Waals surface area contributed by atoms with Gasteiger partial charge in [-0.2, -0.15) is 0 Å². The average molecular weight is 1330 g/mol. The van der Waals surface area contributed by atoms with Crippen LogP contribution in [0.4, 0.5) is 19.1 Å². The van der Waals surface area contributed by atoms with Crippen molar-refractivity contribution in [2.45, 2.75) is 102 Å². The molecule has 2 aromatic carbocycles. The van der Waals surface area contributed by atoms with Crippen LogP contribution in [0.3, 0.4) is 0 Å². The molecule has 3 aliphatic heterocycles. The maximum absolute atomic E-state index is 17.7. The van der Waals surface area contributed by atoms with Crippen molar-refractivity contribution < 1.29 is 101 Å². The molecular formula is C59H83BF2N10O18S2. The fourth-order valence-electron chi connectivity index (χ4n) is 10.9. The summed E-state index contributed by atoms with van der Waals surface area (Å²) in [4.78, 5) is 96.0. The third kappa shape index (κ3) is 21.2. The number of imide groups is 1. The summed E-state index contributed by atoms with van der Waals surface area (Å²) >= 11 is 0. The molecule has 33 heteroatoms. The van der Waals surface area contributed by atoms with Crippen molar-refractivity contribution >= 4 is 80.4 Å². The zero-order chi connectivity index (χ0) is 68.1. The standard InChI is InChI=1S/C59H83BF2N10O18S2/c1-40(89-59(78)90-69-55(74)25-26-56(69)75)45-36-52(87-9)53(38-51(45)70(79)80)88-32-29-66(2)28-27-63-57(76)46(22-13-15-30-71(3,4)5)65-58(77)47(39-92(84,85)86)64-54(73)24-23-44-34-42(20-14-16-33-91(81,82)83)49-37-50-43(21-17-31-72(6,7)8)35-48(41-18-11-10-12-19-41)68(50)60(61,62)67(44)49/h10-12,18-19,34-38,40,46-47H,13-17,20-33,39H2,1-9H3,(H3-2,63,64,65,73,76,77,81,82,83,84,85,86). The molecule has 4 heterocycles. The number of halogens is 2. The van der Waals surface area contributed by atoms with E-state index >= 15 is 8.63 Å². The van der Waals surface area contributed by atoms with Crippen LogP contribution in [0.1, 0.15) is 105 Å². The largest absolute Gasteiger partial charge is 0.748 e. The molecule has 1 aromatic heterocycles. The number of ether oxygens (including phenoxy) is 3. The molecule has 3 atom stereocenters. The number of hydroxylamine groups is 2. The lowest BCUT2D eigenvalue weighted by molar-refractivity contribution is -0.870. The molecule has 92 heavy (non-hydrogen) atoms. The number of aryl methyl sites for hydroxylation is 2. The Bertz CT molecular complexity index is 3560. The Labute approximate surface area is 534 Å². The van der Waals surface area contributed by atoms with E-state index in [4.69, 9.17) is 19.0 Å². The van der Waals surface area contributed by atoms with E-state index in [0.29, 0.717) is 57.9 Å². The number of benzene rings is 2. The number of unbranched alkanes of at least 4 members (excludes halogenated alkanes) is 2. The number of fused-ring (bicyclic) bond motifs is 2. The summed E-state index contributed by atoms with van der Waals surface area (Å²) in [6.07, 6.45) is 1.66. The Morgan fingerprint density at radius 1 is 0.815 bits per heavy atom. The SMILES string of the molecule is COc1cc(C(C)OC(=O)ON2C(=O)CCC2=O)c([N+](=O)[O-])cc1OCCN(C)CCNC(=O)C(CCCC[N+](C)(C)C)NC(=O)C(CS(=O)(=O)[O-])NC(=O)CCc1cc(CCCCS(=O)(=O)[O-])c2n1[B-](F)(F)[N+]1=C(c3ccccc3)C=C(CCC[N+](C)(C)C)C1=C2. The van der Waals surface area contributed by atoms with Crippen LogP contribution in [0.5, 0.6) is 11.5 Å². The minimum Gasteiger partial charge on any atom is -0.748 e. The summed E-state index contributed by atoms with van der Waals surface area (Å²) in [5.41, 5.74) is 1.56. The van der Waals surface area contributed by atoms with Gasteiger partial charge in [0, 0.05) is 80.1 Å². The van der Waals surface area contributed by atoms with Crippen LogP contribution >= 0.6 is 0 Å². The van der Waals surface area contributed by atoms with Gasteiger partial charge in [-0.15, -0.1) is 0 Å². The van der Waals surface area contributed by atoms with E-state index in [2.05, 4.69) is 16.0 Å². The highest BCUT2D eigenvalue weighted by atomic mass is 32.2. The lowest BCUT2D eigenvalue weighted by atomic mass is 9.88. The Kier molecular flexibility index (Phi) is 25.0. The molecule has 3 unspecified atom stereocenters. The van der Waals surface area contributed by atoms with Gasteiger partial charge in [0.15, 0.2) is 22.9 Å². The monoisotopic (exact) mass is 1330 g/mol. The molecule has 1 fully saturated rings. The van der Waals surface area contributed by atoms with Crippen molar-refractivity contribution in [1.29, 1.82) is 0 Å². The van der Waals surface area contributed by atoms with Gasteiger partial charge in [-0.05, 0) is 101 Å². The zero-order valence-electron chi connectivity index (χ0n) is 53.3. The number of amides is 5. The third-order valence-corrected chi connectivity index (χ3v) is 17.0. The molecule has 5 amide bonds. The van der Waals surface area contributed by atoms with Crippen LogP contribution in [0.2, 0.25) is 0 Å². The van der Waals surface area contributed by atoms with Crippen molar-refractivity contribution in [2.75, 3.05) is 107 Å². The minimum absolute atomic E-state index is 0.0118.